The van der Waals surface area contributed by atoms with Crippen LogP contribution in [0.4, 0.5) is 0 Å². The van der Waals surface area contributed by atoms with Crippen molar-refractivity contribution in [2.45, 2.75) is 11.8 Å². The van der Waals surface area contributed by atoms with Gasteiger partial charge in [-0.3, -0.25) is 4.79 Å². The van der Waals surface area contributed by atoms with E-state index >= 15 is 0 Å². The van der Waals surface area contributed by atoms with Gasteiger partial charge in [0.2, 0.25) is 0 Å². The Bertz CT molecular complexity index is 496. The minimum Gasteiger partial charge on any atom is -0.296 e. The van der Waals surface area contributed by atoms with Crippen LogP contribution in [0, 0.1) is 0 Å². The highest BCUT2D eigenvalue weighted by atomic mass is 32.2. The molecule has 0 atom stereocenters. The minimum absolute atomic E-state index is 0.542. The minimum atomic E-state index is 0.542. The Morgan fingerprint density at radius 1 is 1.40 bits per heavy atom. The topological polar surface area (TPSA) is 30.0 Å². The SMILES string of the molecule is CCSc1cc2ccccc2nc1C=O. The summed E-state index contributed by atoms with van der Waals surface area (Å²) < 4.78 is 0. The zero-order chi connectivity index (χ0) is 10.7. The lowest BCUT2D eigenvalue weighted by molar-refractivity contribution is 0.111. The number of thioether (sulfide) groups is 1. The van der Waals surface area contributed by atoms with E-state index in [4.69, 9.17) is 0 Å². The number of carbonyl (C=O) groups is 1. The second-order valence-electron chi connectivity index (χ2n) is 3.12. The van der Waals surface area contributed by atoms with Gasteiger partial charge >= 0.3 is 0 Å². The van der Waals surface area contributed by atoms with E-state index in [0.29, 0.717) is 5.69 Å². The van der Waals surface area contributed by atoms with Crippen molar-refractivity contribution < 1.29 is 4.79 Å². The molecular weight excluding hydrogens is 206 g/mol. The van der Waals surface area contributed by atoms with Gasteiger partial charge in [0.1, 0.15) is 5.69 Å². The quantitative estimate of drug-likeness (QED) is 0.584. The number of pyridine rings is 1. The van der Waals surface area contributed by atoms with Gasteiger partial charge in [0.25, 0.3) is 0 Å². The van der Waals surface area contributed by atoms with Crippen LogP contribution in [-0.2, 0) is 0 Å². The number of carbonyl (C=O) groups excluding carboxylic acids is 1. The first kappa shape index (κ1) is 10.2. The van der Waals surface area contributed by atoms with Crippen LogP contribution in [0.5, 0.6) is 0 Å². The van der Waals surface area contributed by atoms with E-state index < -0.39 is 0 Å². The molecule has 76 valence electrons. The molecule has 1 heterocycles. The number of hydrogen-bond acceptors (Lipinski definition) is 3. The molecule has 2 rings (SSSR count). The lowest BCUT2D eigenvalue weighted by Gasteiger charge is -2.04. The Kier molecular flexibility index (Phi) is 3.02. The zero-order valence-corrected chi connectivity index (χ0v) is 9.25. The third kappa shape index (κ3) is 2.02. The van der Waals surface area contributed by atoms with Crippen molar-refractivity contribution in [3.63, 3.8) is 0 Å². The Morgan fingerprint density at radius 3 is 2.93 bits per heavy atom. The van der Waals surface area contributed by atoms with Crippen LogP contribution in [0.15, 0.2) is 35.2 Å². The molecule has 0 radical (unpaired) electrons. The van der Waals surface area contributed by atoms with E-state index in [-0.39, 0.29) is 0 Å². The van der Waals surface area contributed by atoms with Crippen LogP contribution in [0.3, 0.4) is 0 Å². The summed E-state index contributed by atoms with van der Waals surface area (Å²) in [5.74, 6) is 0.945. The highest BCUT2D eigenvalue weighted by molar-refractivity contribution is 7.99. The smallest absolute Gasteiger partial charge is 0.169 e. The first-order valence-electron chi connectivity index (χ1n) is 4.83. The molecule has 1 aromatic heterocycles. The van der Waals surface area contributed by atoms with Gasteiger partial charge in [0, 0.05) is 10.3 Å². The third-order valence-corrected chi connectivity index (χ3v) is 3.05. The summed E-state index contributed by atoms with van der Waals surface area (Å²) in [5.41, 5.74) is 1.42. The van der Waals surface area contributed by atoms with E-state index in [1.165, 1.54) is 0 Å². The summed E-state index contributed by atoms with van der Waals surface area (Å²) in [7, 11) is 0. The second kappa shape index (κ2) is 4.45. The van der Waals surface area contributed by atoms with Gasteiger partial charge in [0.15, 0.2) is 6.29 Å². The molecule has 0 aliphatic carbocycles. The molecule has 0 bridgehead atoms. The van der Waals surface area contributed by atoms with E-state index in [0.717, 1.165) is 27.8 Å². The molecule has 0 saturated heterocycles. The summed E-state index contributed by atoms with van der Waals surface area (Å²) in [6.45, 7) is 2.06. The normalized spacial score (nSPS) is 10.5. The molecule has 0 aliphatic heterocycles. The third-order valence-electron chi connectivity index (χ3n) is 2.13. The van der Waals surface area contributed by atoms with Gasteiger partial charge in [-0.2, -0.15) is 0 Å². The largest absolute Gasteiger partial charge is 0.296 e. The monoisotopic (exact) mass is 217 g/mol. The molecule has 15 heavy (non-hydrogen) atoms. The van der Waals surface area contributed by atoms with Crippen LogP contribution in [0.2, 0.25) is 0 Å². The molecule has 0 aliphatic rings. The van der Waals surface area contributed by atoms with Gasteiger partial charge in [-0.15, -0.1) is 11.8 Å². The Labute approximate surface area is 92.7 Å². The van der Waals surface area contributed by atoms with Crippen LogP contribution in [0.1, 0.15) is 17.4 Å². The van der Waals surface area contributed by atoms with Crippen molar-refractivity contribution >= 4 is 29.0 Å². The predicted octanol–water partition coefficient (Wildman–Crippen LogP) is 3.16. The fraction of sp³-hybridized carbons (Fsp3) is 0.167. The summed E-state index contributed by atoms with van der Waals surface area (Å²) in [6, 6.07) is 9.86. The van der Waals surface area contributed by atoms with E-state index in [2.05, 4.69) is 11.9 Å². The maximum Gasteiger partial charge on any atom is 0.169 e. The number of rotatable bonds is 3. The summed E-state index contributed by atoms with van der Waals surface area (Å²) in [5, 5.41) is 1.08. The van der Waals surface area contributed by atoms with Gasteiger partial charge in [-0.1, -0.05) is 25.1 Å². The molecule has 3 heteroatoms. The zero-order valence-electron chi connectivity index (χ0n) is 8.43. The number of nitrogens with zero attached hydrogens (tertiary/aromatic N) is 1. The van der Waals surface area contributed by atoms with Crippen LogP contribution in [-0.4, -0.2) is 17.0 Å². The fourth-order valence-corrected chi connectivity index (χ4v) is 2.23. The van der Waals surface area contributed by atoms with Crippen molar-refractivity contribution in [3.8, 4) is 0 Å². The lowest BCUT2D eigenvalue weighted by atomic mass is 10.2. The van der Waals surface area contributed by atoms with Gasteiger partial charge in [-0.05, 0) is 17.9 Å². The number of para-hydroxylation sites is 1. The number of aldehydes is 1. The van der Waals surface area contributed by atoms with E-state index in [1.54, 1.807) is 11.8 Å². The van der Waals surface area contributed by atoms with Gasteiger partial charge in [0.05, 0.1) is 5.52 Å². The van der Waals surface area contributed by atoms with Crippen LogP contribution < -0.4 is 0 Å². The fourth-order valence-electron chi connectivity index (χ4n) is 1.47. The number of fused-ring (bicyclic) bond motifs is 1. The molecular formula is C12H11NOS. The molecule has 0 fully saturated rings. The molecule has 0 saturated carbocycles. The predicted molar refractivity (Wildman–Crippen MR) is 63.5 cm³/mol. The van der Waals surface area contributed by atoms with Gasteiger partial charge < -0.3 is 0 Å². The van der Waals surface area contributed by atoms with Gasteiger partial charge in [-0.25, -0.2) is 4.98 Å². The molecule has 1 aromatic carbocycles. The van der Waals surface area contributed by atoms with Crippen molar-refractivity contribution in [3.05, 3.63) is 36.0 Å². The molecule has 0 spiro atoms. The van der Waals surface area contributed by atoms with Crippen molar-refractivity contribution in [2.24, 2.45) is 0 Å². The Morgan fingerprint density at radius 2 is 2.20 bits per heavy atom. The molecule has 0 amide bonds. The molecule has 2 aromatic rings. The summed E-state index contributed by atoms with van der Waals surface area (Å²) >= 11 is 1.65. The van der Waals surface area contributed by atoms with Crippen LogP contribution in [0.25, 0.3) is 10.9 Å². The average molecular weight is 217 g/mol. The summed E-state index contributed by atoms with van der Waals surface area (Å²) in [6.07, 6.45) is 0.824. The van der Waals surface area contributed by atoms with E-state index in [1.807, 2.05) is 30.3 Å². The standard InChI is InChI=1S/C12H11NOS/c1-2-15-12-7-9-5-3-4-6-10(9)13-11(12)8-14/h3-8H,2H2,1H3. The van der Waals surface area contributed by atoms with Crippen LogP contribution >= 0.6 is 11.8 Å². The summed E-state index contributed by atoms with van der Waals surface area (Å²) in [4.78, 5) is 16.2. The Balaban J connectivity index is 2.63. The first-order chi connectivity index (χ1) is 7.35. The molecule has 0 unspecified atom stereocenters. The van der Waals surface area contributed by atoms with Crippen molar-refractivity contribution in [2.75, 3.05) is 5.75 Å². The number of aromatic nitrogens is 1. The molecule has 2 nitrogen and oxygen atoms in total. The highest BCUT2D eigenvalue weighted by Crippen LogP contribution is 2.24. The maximum absolute atomic E-state index is 10.9. The maximum atomic E-state index is 10.9. The highest BCUT2D eigenvalue weighted by Gasteiger charge is 2.05. The number of benzene rings is 1. The average Bonchev–Trinajstić information content (AvgIpc) is 2.28. The van der Waals surface area contributed by atoms with Crippen molar-refractivity contribution in [1.82, 2.24) is 4.98 Å². The lowest BCUT2D eigenvalue weighted by Crippen LogP contribution is -1.92. The molecule has 0 N–H and O–H groups in total. The first-order valence-corrected chi connectivity index (χ1v) is 5.81. The van der Waals surface area contributed by atoms with Crippen molar-refractivity contribution in [1.29, 1.82) is 0 Å². The second-order valence-corrected chi connectivity index (χ2v) is 4.42. The Hall–Kier alpha value is -1.35. The number of hydrogen-bond donors (Lipinski definition) is 0. The van der Waals surface area contributed by atoms with E-state index in [9.17, 15) is 4.79 Å².